The van der Waals surface area contributed by atoms with Crippen molar-refractivity contribution in [2.75, 3.05) is 58.4 Å². The average Bonchev–Trinajstić information content (AvgIpc) is 2.77. The lowest BCUT2D eigenvalue weighted by atomic mass is 9.86. The second-order valence-corrected chi connectivity index (χ2v) is 6.75. The highest BCUT2D eigenvalue weighted by molar-refractivity contribution is 5.76. The summed E-state index contributed by atoms with van der Waals surface area (Å²) in [4.78, 5) is 27.8. The van der Waals surface area contributed by atoms with E-state index in [4.69, 9.17) is 4.74 Å². The molecule has 2 saturated heterocycles. The van der Waals surface area contributed by atoms with Crippen LogP contribution in [0.15, 0.2) is 18.6 Å². The molecule has 2 aliphatic heterocycles. The average molecular weight is 333 g/mol. The molecule has 7 nitrogen and oxygen atoms in total. The normalized spacial score (nSPS) is 26.0. The van der Waals surface area contributed by atoms with E-state index in [-0.39, 0.29) is 11.4 Å². The number of ether oxygens (including phenoxy) is 1. The summed E-state index contributed by atoms with van der Waals surface area (Å²) in [6.45, 7) is 4.89. The minimum absolute atomic E-state index is 0.0211. The van der Waals surface area contributed by atoms with Gasteiger partial charge in [0.2, 0.25) is 5.91 Å². The number of carbonyl (C=O) groups is 1. The van der Waals surface area contributed by atoms with Gasteiger partial charge < -0.3 is 14.5 Å². The maximum absolute atomic E-state index is 12.4. The second kappa shape index (κ2) is 7.44. The minimum atomic E-state index is 0.0211. The summed E-state index contributed by atoms with van der Waals surface area (Å²) < 4.78 is 5.14. The van der Waals surface area contributed by atoms with E-state index < -0.39 is 0 Å². The van der Waals surface area contributed by atoms with Gasteiger partial charge in [-0.1, -0.05) is 0 Å². The monoisotopic (exact) mass is 333 g/mol. The van der Waals surface area contributed by atoms with Crippen LogP contribution in [-0.2, 0) is 9.53 Å². The number of nitrogens with zero attached hydrogens (tertiary/aromatic N) is 5. The van der Waals surface area contributed by atoms with Gasteiger partial charge in [0.1, 0.15) is 5.82 Å². The maximum atomic E-state index is 12.4. The van der Waals surface area contributed by atoms with Crippen molar-refractivity contribution in [3.05, 3.63) is 18.6 Å². The Balaban J connectivity index is 1.74. The molecule has 0 unspecified atom stereocenters. The van der Waals surface area contributed by atoms with Crippen LogP contribution in [0.5, 0.6) is 0 Å². The molecule has 0 radical (unpaired) electrons. The Morgan fingerprint density at radius 2 is 2.12 bits per heavy atom. The molecule has 1 amide bonds. The van der Waals surface area contributed by atoms with Crippen molar-refractivity contribution in [3.63, 3.8) is 0 Å². The molecule has 0 aromatic carbocycles. The third-order valence-corrected chi connectivity index (χ3v) is 5.44. The Hall–Kier alpha value is -1.73. The molecule has 7 heteroatoms. The van der Waals surface area contributed by atoms with E-state index in [2.05, 4.69) is 26.8 Å². The van der Waals surface area contributed by atoms with Crippen LogP contribution < -0.4 is 4.90 Å². The molecule has 1 spiro atoms. The van der Waals surface area contributed by atoms with Crippen molar-refractivity contribution in [3.8, 4) is 0 Å². The highest BCUT2D eigenvalue weighted by atomic mass is 16.5. The number of piperazine rings is 1. The van der Waals surface area contributed by atoms with Crippen molar-refractivity contribution in [1.82, 2.24) is 19.8 Å². The van der Waals surface area contributed by atoms with Crippen LogP contribution in [0.25, 0.3) is 0 Å². The SMILES string of the molecule is COCCN1CC[C@@]2(CCC1=O)CN(c1cnccn1)CCN2C. The van der Waals surface area contributed by atoms with Gasteiger partial charge in [-0.15, -0.1) is 0 Å². The van der Waals surface area contributed by atoms with Crippen molar-refractivity contribution < 1.29 is 9.53 Å². The van der Waals surface area contributed by atoms with Gasteiger partial charge in [0.25, 0.3) is 0 Å². The minimum Gasteiger partial charge on any atom is -0.383 e. The molecule has 2 aliphatic rings. The number of rotatable bonds is 4. The second-order valence-electron chi connectivity index (χ2n) is 6.75. The predicted octanol–water partition coefficient (Wildman–Crippen LogP) is 0.626. The molecule has 1 aromatic heterocycles. The van der Waals surface area contributed by atoms with Crippen LogP contribution in [0.2, 0.25) is 0 Å². The molecule has 1 atom stereocenters. The van der Waals surface area contributed by atoms with Crippen LogP contribution in [-0.4, -0.2) is 84.7 Å². The van der Waals surface area contributed by atoms with E-state index in [0.717, 1.165) is 44.8 Å². The molecule has 24 heavy (non-hydrogen) atoms. The lowest BCUT2D eigenvalue weighted by molar-refractivity contribution is -0.131. The fourth-order valence-electron chi connectivity index (χ4n) is 3.78. The number of likely N-dealkylation sites (N-methyl/N-ethyl adjacent to an activating group) is 1. The van der Waals surface area contributed by atoms with Gasteiger partial charge in [-0.25, -0.2) is 4.98 Å². The van der Waals surface area contributed by atoms with Crippen LogP contribution >= 0.6 is 0 Å². The summed E-state index contributed by atoms with van der Waals surface area (Å²) in [5.41, 5.74) is 0.0211. The number of amides is 1. The van der Waals surface area contributed by atoms with E-state index in [0.29, 0.717) is 19.6 Å². The molecule has 0 aliphatic carbocycles. The first-order chi connectivity index (χ1) is 11.6. The fraction of sp³-hybridized carbons (Fsp3) is 0.706. The van der Waals surface area contributed by atoms with Gasteiger partial charge in [-0.2, -0.15) is 0 Å². The highest BCUT2D eigenvalue weighted by Crippen LogP contribution is 2.33. The Bertz CT molecular complexity index is 555. The Kier molecular flexibility index (Phi) is 5.30. The molecular weight excluding hydrogens is 306 g/mol. The number of hydrogen-bond acceptors (Lipinski definition) is 6. The zero-order chi connectivity index (χ0) is 17.0. The Labute approximate surface area is 143 Å². The largest absolute Gasteiger partial charge is 0.383 e. The van der Waals surface area contributed by atoms with E-state index in [9.17, 15) is 4.79 Å². The zero-order valence-corrected chi connectivity index (χ0v) is 14.6. The standard InChI is InChI=1S/C17H27N5O2/c1-20-9-10-22(15-13-18-6-7-19-15)14-17(20)4-3-16(23)21(8-5-17)11-12-24-2/h6-7,13H,3-5,8-12,14H2,1-2H3/t17-/m0/s1. The highest BCUT2D eigenvalue weighted by Gasteiger charge is 2.42. The summed E-state index contributed by atoms with van der Waals surface area (Å²) in [6, 6.07) is 0. The van der Waals surface area contributed by atoms with E-state index in [1.165, 1.54) is 0 Å². The van der Waals surface area contributed by atoms with Gasteiger partial charge in [-0.3, -0.25) is 14.7 Å². The van der Waals surface area contributed by atoms with E-state index in [1.54, 1.807) is 19.5 Å². The Morgan fingerprint density at radius 1 is 1.25 bits per heavy atom. The lowest BCUT2D eigenvalue weighted by Gasteiger charge is -2.49. The first kappa shape index (κ1) is 17.1. The molecule has 3 heterocycles. The molecule has 0 bridgehead atoms. The fourth-order valence-corrected chi connectivity index (χ4v) is 3.78. The lowest BCUT2D eigenvalue weighted by Crippen LogP contribution is -2.61. The van der Waals surface area contributed by atoms with Crippen LogP contribution in [0.1, 0.15) is 19.3 Å². The summed E-state index contributed by atoms with van der Waals surface area (Å²) in [5, 5.41) is 0. The number of likely N-dealkylation sites (tertiary alicyclic amines) is 1. The van der Waals surface area contributed by atoms with E-state index >= 15 is 0 Å². The topological polar surface area (TPSA) is 61.8 Å². The van der Waals surface area contributed by atoms with Gasteiger partial charge in [0.15, 0.2) is 0 Å². The van der Waals surface area contributed by atoms with Crippen molar-refractivity contribution >= 4 is 11.7 Å². The predicted molar refractivity (Wildman–Crippen MR) is 91.9 cm³/mol. The number of carbonyl (C=O) groups excluding carboxylic acids is 1. The maximum Gasteiger partial charge on any atom is 0.222 e. The third kappa shape index (κ3) is 3.52. The van der Waals surface area contributed by atoms with Crippen molar-refractivity contribution in [2.45, 2.75) is 24.8 Å². The summed E-state index contributed by atoms with van der Waals surface area (Å²) in [5.74, 6) is 1.17. The smallest absolute Gasteiger partial charge is 0.222 e. The first-order valence-corrected chi connectivity index (χ1v) is 8.63. The quantitative estimate of drug-likeness (QED) is 0.805. The van der Waals surface area contributed by atoms with Crippen molar-refractivity contribution in [2.24, 2.45) is 0 Å². The van der Waals surface area contributed by atoms with Gasteiger partial charge >= 0.3 is 0 Å². The van der Waals surface area contributed by atoms with Crippen LogP contribution in [0.4, 0.5) is 5.82 Å². The molecule has 0 N–H and O–H groups in total. The van der Waals surface area contributed by atoms with Crippen molar-refractivity contribution in [1.29, 1.82) is 0 Å². The molecule has 3 rings (SSSR count). The summed E-state index contributed by atoms with van der Waals surface area (Å²) >= 11 is 0. The van der Waals surface area contributed by atoms with Gasteiger partial charge in [-0.05, 0) is 19.9 Å². The van der Waals surface area contributed by atoms with Crippen LogP contribution in [0, 0.1) is 0 Å². The Morgan fingerprint density at radius 3 is 2.88 bits per heavy atom. The first-order valence-electron chi connectivity index (χ1n) is 8.63. The molecule has 0 saturated carbocycles. The third-order valence-electron chi connectivity index (χ3n) is 5.44. The number of hydrogen-bond donors (Lipinski definition) is 0. The van der Waals surface area contributed by atoms with Gasteiger partial charge in [0.05, 0.1) is 12.8 Å². The summed E-state index contributed by atoms with van der Waals surface area (Å²) in [6.07, 6.45) is 7.74. The number of methoxy groups -OCH3 is 1. The number of anilines is 1. The molecule has 132 valence electrons. The molecule has 2 fully saturated rings. The number of aromatic nitrogens is 2. The molecular formula is C17H27N5O2. The zero-order valence-electron chi connectivity index (χ0n) is 14.6. The summed E-state index contributed by atoms with van der Waals surface area (Å²) in [7, 11) is 3.86. The van der Waals surface area contributed by atoms with Gasteiger partial charge in [0, 0.05) is 64.2 Å². The molecule has 1 aromatic rings. The van der Waals surface area contributed by atoms with E-state index in [1.807, 2.05) is 11.1 Å². The van der Waals surface area contributed by atoms with Crippen LogP contribution in [0.3, 0.4) is 0 Å².